The first-order valence-corrected chi connectivity index (χ1v) is 11.1. The SMILES string of the molecule is CCOC(=O)c1cc(-c2ccccc2)sc1NC(=O)COc1ccc2c(C)cc(=O)oc2c1. The third-order valence-electron chi connectivity index (χ3n) is 4.83. The highest BCUT2D eigenvalue weighted by molar-refractivity contribution is 7.20. The Bertz CT molecular complexity index is 1370. The summed E-state index contributed by atoms with van der Waals surface area (Å²) in [7, 11) is 0. The van der Waals surface area contributed by atoms with E-state index >= 15 is 0 Å². The fourth-order valence-electron chi connectivity index (χ4n) is 3.30. The van der Waals surface area contributed by atoms with Gasteiger partial charge in [-0.05, 0) is 43.2 Å². The Labute approximate surface area is 193 Å². The Morgan fingerprint density at radius 3 is 2.61 bits per heavy atom. The smallest absolute Gasteiger partial charge is 0.341 e. The number of rotatable bonds is 7. The largest absolute Gasteiger partial charge is 0.484 e. The molecule has 1 N–H and O–H groups in total. The number of fused-ring (bicyclic) bond motifs is 1. The number of hydrogen-bond acceptors (Lipinski definition) is 7. The molecule has 0 aliphatic carbocycles. The Morgan fingerprint density at radius 2 is 1.85 bits per heavy atom. The van der Waals surface area contributed by atoms with Gasteiger partial charge in [-0.3, -0.25) is 4.79 Å². The number of ether oxygens (including phenoxy) is 2. The summed E-state index contributed by atoms with van der Waals surface area (Å²) in [5.41, 5.74) is 1.94. The number of esters is 1. The standard InChI is InChI=1S/C25H21NO6S/c1-3-30-25(29)19-13-21(16-7-5-4-6-8-16)33-24(19)26-22(27)14-31-17-9-10-18-15(2)11-23(28)32-20(18)12-17/h4-13H,3,14H2,1-2H3,(H,26,27). The Hall–Kier alpha value is -3.91. The van der Waals surface area contributed by atoms with Crippen LogP contribution < -0.4 is 15.7 Å². The van der Waals surface area contributed by atoms with E-state index in [2.05, 4.69) is 5.32 Å². The van der Waals surface area contributed by atoms with Crippen molar-refractivity contribution in [2.24, 2.45) is 0 Å². The van der Waals surface area contributed by atoms with E-state index in [1.54, 1.807) is 31.2 Å². The van der Waals surface area contributed by atoms with E-state index in [1.165, 1.54) is 17.4 Å². The molecule has 0 radical (unpaired) electrons. The van der Waals surface area contributed by atoms with Crippen LogP contribution in [0.5, 0.6) is 5.75 Å². The minimum Gasteiger partial charge on any atom is -0.484 e. The number of benzene rings is 2. The van der Waals surface area contributed by atoms with E-state index in [0.717, 1.165) is 21.4 Å². The minimum atomic E-state index is -0.507. The molecule has 0 unspecified atom stereocenters. The zero-order valence-corrected chi connectivity index (χ0v) is 18.9. The Kier molecular flexibility index (Phi) is 6.55. The highest BCUT2D eigenvalue weighted by Crippen LogP contribution is 2.36. The van der Waals surface area contributed by atoms with Crippen LogP contribution in [-0.4, -0.2) is 25.1 Å². The molecule has 0 aliphatic heterocycles. The number of carbonyl (C=O) groups excluding carboxylic acids is 2. The molecule has 0 saturated carbocycles. The highest BCUT2D eigenvalue weighted by Gasteiger charge is 2.20. The molecule has 2 aromatic carbocycles. The average molecular weight is 464 g/mol. The van der Waals surface area contributed by atoms with Crippen molar-refractivity contribution in [2.75, 3.05) is 18.5 Å². The second-order valence-electron chi connectivity index (χ2n) is 7.18. The lowest BCUT2D eigenvalue weighted by Gasteiger charge is -2.09. The van der Waals surface area contributed by atoms with Gasteiger partial charge in [0.25, 0.3) is 5.91 Å². The molecule has 168 valence electrons. The molecule has 7 nitrogen and oxygen atoms in total. The summed E-state index contributed by atoms with van der Waals surface area (Å²) >= 11 is 1.28. The van der Waals surface area contributed by atoms with E-state index in [9.17, 15) is 14.4 Å². The van der Waals surface area contributed by atoms with Gasteiger partial charge < -0.3 is 19.2 Å². The molecule has 0 atom stereocenters. The van der Waals surface area contributed by atoms with E-state index in [0.29, 0.717) is 16.3 Å². The molecule has 33 heavy (non-hydrogen) atoms. The van der Waals surface area contributed by atoms with E-state index in [1.807, 2.05) is 37.3 Å². The van der Waals surface area contributed by atoms with Gasteiger partial charge in [0.05, 0.1) is 12.2 Å². The second kappa shape index (κ2) is 9.70. The second-order valence-corrected chi connectivity index (χ2v) is 8.24. The summed E-state index contributed by atoms with van der Waals surface area (Å²) in [5.74, 6) is -0.562. The maximum Gasteiger partial charge on any atom is 0.341 e. The summed E-state index contributed by atoms with van der Waals surface area (Å²) in [6.45, 7) is 3.48. The van der Waals surface area contributed by atoms with Crippen LogP contribution in [0.3, 0.4) is 0 Å². The van der Waals surface area contributed by atoms with Crippen molar-refractivity contribution in [3.05, 3.63) is 82.2 Å². The van der Waals surface area contributed by atoms with Gasteiger partial charge in [-0.2, -0.15) is 0 Å². The Morgan fingerprint density at radius 1 is 1.06 bits per heavy atom. The van der Waals surface area contributed by atoms with Crippen molar-refractivity contribution in [3.8, 4) is 16.2 Å². The molecule has 8 heteroatoms. The molecule has 0 bridgehead atoms. The van der Waals surface area contributed by atoms with Gasteiger partial charge in [0, 0.05) is 22.4 Å². The number of aryl methyl sites for hydroxylation is 1. The van der Waals surface area contributed by atoms with Crippen molar-refractivity contribution < 1.29 is 23.5 Å². The van der Waals surface area contributed by atoms with Gasteiger partial charge in [0.2, 0.25) is 0 Å². The van der Waals surface area contributed by atoms with Crippen LogP contribution in [0.4, 0.5) is 5.00 Å². The van der Waals surface area contributed by atoms with Gasteiger partial charge >= 0.3 is 11.6 Å². The topological polar surface area (TPSA) is 94.8 Å². The summed E-state index contributed by atoms with van der Waals surface area (Å²) in [6, 6.07) is 17.7. The molecule has 0 fully saturated rings. The van der Waals surface area contributed by atoms with E-state index in [-0.39, 0.29) is 18.8 Å². The molecular formula is C25H21NO6S. The summed E-state index contributed by atoms with van der Waals surface area (Å²) < 4.78 is 15.9. The molecule has 4 aromatic rings. The van der Waals surface area contributed by atoms with Gasteiger partial charge in [-0.25, -0.2) is 9.59 Å². The zero-order chi connectivity index (χ0) is 23.4. The molecule has 4 rings (SSSR count). The summed E-state index contributed by atoms with van der Waals surface area (Å²) in [6.07, 6.45) is 0. The lowest BCUT2D eigenvalue weighted by atomic mass is 10.1. The zero-order valence-electron chi connectivity index (χ0n) is 18.0. The van der Waals surface area contributed by atoms with Crippen LogP contribution in [0.15, 0.2) is 69.9 Å². The maximum atomic E-state index is 12.6. The fourth-order valence-corrected chi connectivity index (χ4v) is 4.36. The monoisotopic (exact) mass is 463 g/mol. The molecule has 2 heterocycles. The normalized spacial score (nSPS) is 10.7. The van der Waals surface area contributed by atoms with Gasteiger partial charge in [0.15, 0.2) is 6.61 Å². The molecule has 2 aromatic heterocycles. The number of thiophene rings is 1. The van der Waals surface area contributed by atoms with Gasteiger partial charge in [-0.1, -0.05) is 30.3 Å². The number of anilines is 1. The van der Waals surface area contributed by atoms with Crippen molar-refractivity contribution in [3.63, 3.8) is 0 Å². The van der Waals surface area contributed by atoms with E-state index < -0.39 is 17.5 Å². The third kappa shape index (κ3) is 5.12. The average Bonchev–Trinajstić information content (AvgIpc) is 3.22. The molecule has 0 saturated heterocycles. The van der Waals surface area contributed by atoms with Crippen LogP contribution in [0.25, 0.3) is 21.4 Å². The minimum absolute atomic E-state index is 0.226. The maximum absolute atomic E-state index is 12.6. The van der Waals surface area contributed by atoms with Crippen LogP contribution in [0, 0.1) is 6.92 Å². The quantitative estimate of drug-likeness (QED) is 0.305. The molecular weight excluding hydrogens is 442 g/mol. The van der Waals surface area contributed by atoms with Crippen molar-refractivity contribution in [1.82, 2.24) is 0 Å². The van der Waals surface area contributed by atoms with Crippen LogP contribution in [-0.2, 0) is 9.53 Å². The molecule has 1 amide bonds. The predicted molar refractivity (Wildman–Crippen MR) is 127 cm³/mol. The number of nitrogens with one attached hydrogen (secondary N) is 1. The third-order valence-corrected chi connectivity index (χ3v) is 5.93. The number of hydrogen-bond donors (Lipinski definition) is 1. The van der Waals surface area contributed by atoms with E-state index in [4.69, 9.17) is 13.9 Å². The first kappa shape index (κ1) is 22.3. The molecule has 0 aliphatic rings. The summed E-state index contributed by atoms with van der Waals surface area (Å²) in [5, 5.41) is 3.93. The van der Waals surface area contributed by atoms with Gasteiger partial charge in [0.1, 0.15) is 16.3 Å². The summed E-state index contributed by atoms with van der Waals surface area (Å²) in [4.78, 5) is 37.4. The fraction of sp³-hybridized carbons (Fsp3) is 0.160. The lowest BCUT2D eigenvalue weighted by molar-refractivity contribution is -0.118. The van der Waals surface area contributed by atoms with Crippen LogP contribution in [0.1, 0.15) is 22.8 Å². The Balaban J connectivity index is 1.51. The van der Waals surface area contributed by atoms with Crippen molar-refractivity contribution in [1.29, 1.82) is 0 Å². The lowest BCUT2D eigenvalue weighted by Crippen LogP contribution is -2.21. The first-order valence-electron chi connectivity index (χ1n) is 10.3. The van der Waals surface area contributed by atoms with Gasteiger partial charge in [-0.15, -0.1) is 11.3 Å². The predicted octanol–water partition coefficient (Wildman–Crippen LogP) is 5.02. The highest BCUT2D eigenvalue weighted by atomic mass is 32.1. The van der Waals surface area contributed by atoms with Crippen molar-refractivity contribution in [2.45, 2.75) is 13.8 Å². The molecule has 0 spiro atoms. The number of carbonyl (C=O) groups is 2. The number of amides is 1. The van der Waals surface area contributed by atoms with Crippen LogP contribution >= 0.6 is 11.3 Å². The first-order chi connectivity index (χ1) is 15.9. The van der Waals surface area contributed by atoms with Crippen molar-refractivity contribution >= 4 is 39.2 Å². The van der Waals surface area contributed by atoms with Crippen LogP contribution in [0.2, 0.25) is 0 Å².